The number of aryl methyl sites for hydroxylation is 1. The van der Waals surface area contributed by atoms with E-state index in [2.05, 4.69) is 4.98 Å². The van der Waals surface area contributed by atoms with Gasteiger partial charge in [0.25, 0.3) is 5.56 Å². The Hall–Kier alpha value is -2.42. The van der Waals surface area contributed by atoms with Crippen LogP contribution < -0.4 is 16.0 Å². The van der Waals surface area contributed by atoms with Gasteiger partial charge >= 0.3 is 5.69 Å². The molecule has 1 aliphatic heterocycles. The number of nitrogens with zero attached hydrogens (tertiary/aromatic N) is 1. The van der Waals surface area contributed by atoms with Crippen molar-refractivity contribution in [1.82, 2.24) is 9.55 Å². The number of nitrogens with one attached hydrogen (secondary N) is 1. The number of aliphatic hydroxyl groups is 2. The summed E-state index contributed by atoms with van der Waals surface area (Å²) in [6.45, 7) is 1.94. The Kier molecular flexibility index (Phi) is 4.52. The highest BCUT2D eigenvalue weighted by Gasteiger charge is 2.44. The Morgan fingerprint density at radius 3 is 2.75 bits per heavy atom. The molecule has 1 aromatic heterocycles. The zero-order chi connectivity index (χ0) is 17.3. The predicted molar refractivity (Wildman–Crippen MR) is 83.9 cm³/mol. The second-order valence-electron chi connectivity index (χ2n) is 5.69. The third-order valence-electron chi connectivity index (χ3n) is 3.87. The van der Waals surface area contributed by atoms with E-state index in [0.717, 1.165) is 16.2 Å². The summed E-state index contributed by atoms with van der Waals surface area (Å²) in [5, 5.41) is 20.3. The van der Waals surface area contributed by atoms with E-state index in [0.29, 0.717) is 5.75 Å². The predicted octanol–water partition coefficient (Wildman–Crippen LogP) is -0.457. The van der Waals surface area contributed by atoms with E-state index in [9.17, 15) is 19.8 Å². The molecule has 2 aromatic rings. The molecule has 3 N–H and O–H groups in total. The normalized spacial score (nSPS) is 26.5. The first-order valence-electron chi connectivity index (χ1n) is 7.48. The van der Waals surface area contributed by atoms with Crippen LogP contribution in [0.3, 0.4) is 0 Å². The molecule has 2 heterocycles. The minimum Gasteiger partial charge on any atom is -0.491 e. The maximum Gasteiger partial charge on any atom is 0.330 e. The third-order valence-corrected chi connectivity index (χ3v) is 3.87. The number of rotatable bonds is 4. The summed E-state index contributed by atoms with van der Waals surface area (Å²) in [5.74, 6) is 0.616. The van der Waals surface area contributed by atoms with Gasteiger partial charge in [-0.3, -0.25) is 14.3 Å². The molecule has 0 radical (unpaired) electrons. The van der Waals surface area contributed by atoms with E-state index >= 15 is 0 Å². The first kappa shape index (κ1) is 16.4. The fourth-order valence-electron chi connectivity index (χ4n) is 2.61. The summed E-state index contributed by atoms with van der Waals surface area (Å²) in [4.78, 5) is 25.0. The maximum absolute atomic E-state index is 11.8. The van der Waals surface area contributed by atoms with Crippen molar-refractivity contribution in [2.75, 3.05) is 6.61 Å². The summed E-state index contributed by atoms with van der Waals surface area (Å²) < 4.78 is 12.2. The van der Waals surface area contributed by atoms with Crippen LogP contribution in [0.25, 0.3) is 0 Å². The topological polar surface area (TPSA) is 114 Å². The van der Waals surface area contributed by atoms with Crippen molar-refractivity contribution in [2.45, 2.75) is 31.5 Å². The lowest BCUT2D eigenvalue weighted by molar-refractivity contribution is -0.0516. The average molecular weight is 334 g/mol. The van der Waals surface area contributed by atoms with Crippen LogP contribution >= 0.6 is 0 Å². The number of hydrogen-bond donors (Lipinski definition) is 3. The molecule has 4 atom stereocenters. The van der Waals surface area contributed by atoms with Gasteiger partial charge in [0.05, 0.1) is 0 Å². The van der Waals surface area contributed by atoms with Crippen molar-refractivity contribution in [3.8, 4) is 5.75 Å². The second-order valence-corrected chi connectivity index (χ2v) is 5.69. The summed E-state index contributed by atoms with van der Waals surface area (Å²) in [6, 6.07) is 8.51. The van der Waals surface area contributed by atoms with Gasteiger partial charge in [-0.15, -0.1) is 0 Å². The number of ether oxygens (including phenoxy) is 2. The molecule has 0 spiro atoms. The summed E-state index contributed by atoms with van der Waals surface area (Å²) in [5.41, 5.74) is -0.249. The van der Waals surface area contributed by atoms with Crippen LogP contribution in [-0.2, 0) is 4.74 Å². The highest BCUT2D eigenvalue weighted by Crippen LogP contribution is 2.28. The average Bonchev–Trinajstić information content (AvgIpc) is 2.81. The molecule has 8 nitrogen and oxygen atoms in total. The van der Waals surface area contributed by atoms with Crippen molar-refractivity contribution in [3.05, 3.63) is 62.9 Å². The van der Waals surface area contributed by atoms with Crippen molar-refractivity contribution in [1.29, 1.82) is 0 Å². The van der Waals surface area contributed by atoms with Crippen molar-refractivity contribution in [2.24, 2.45) is 0 Å². The minimum absolute atomic E-state index is 0.0102. The fraction of sp³-hybridized carbons (Fsp3) is 0.375. The number of aromatic nitrogens is 2. The first-order valence-corrected chi connectivity index (χ1v) is 7.48. The van der Waals surface area contributed by atoms with Crippen LogP contribution in [0.1, 0.15) is 11.8 Å². The zero-order valence-corrected chi connectivity index (χ0v) is 13.0. The molecule has 3 rings (SSSR count). The molecule has 0 amide bonds. The van der Waals surface area contributed by atoms with Crippen molar-refractivity contribution >= 4 is 0 Å². The lowest BCUT2D eigenvalue weighted by Gasteiger charge is -2.16. The lowest BCUT2D eigenvalue weighted by atomic mass is 10.1. The molecule has 8 heteroatoms. The Morgan fingerprint density at radius 2 is 2.04 bits per heavy atom. The number of aromatic amines is 1. The van der Waals surface area contributed by atoms with Gasteiger partial charge in [-0.25, -0.2) is 4.79 Å². The highest BCUT2D eigenvalue weighted by atomic mass is 16.6. The quantitative estimate of drug-likeness (QED) is 0.697. The van der Waals surface area contributed by atoms with Crippen LogP contribution in [-0.4, -0.2) is 44.7 Å². The Labute approximate surface area is 136 Å². The molecule has 24 heavy (non-hydrogen) atoms. The number of benzene rings is 1. The van der Waals surface area contributed by atoms with E-state index in [4.69, 9.17) is 9.47 Å². The Morgan fingerprint density at radius 1 is 1.25 bits per heavy atom. The minimum atomic E-state index is -1.32. The molecule has 1 fully saturated rings. The molecule has 0 aliphatic carbocycles. The van der Waals surface area contributed by atoms with Gasteiger partial charge in [0.1, 0.15) is 30.7 Å². The van der Waals surface area contributed by atoms with E-state index in [1.165, 1.54) is 6.20 Å². The van der Waals surface area contributed by atoms with Crippen molar-refractivity contribution in [3.63, 3.8) is 0 Å². The van der Waals surface area contributed by atoms with E-state index in [1.807, 2.05) is 25.1 Å². The molecular weight excluding hydrogens is 316 g/mol. The molecular formula is C16H18N2O6. The monoisotopic (exact) mass is 334 g/mol. The van der Waals surface area contributed by atoms with Crippen LogP contribution in [0.4, 0.5) is 0 Å². The largest absolute Gasteiger partial charge is 0.491 e. The van der Waals surface area contributed by atoms with Crippen molar-refractivity contribution < 1.29 is 19.7 Å². The third kappa shape index (κ3) is 3.25. The van der Waals surface area contributed by atoms with Crippen LogP contribution in [0, 0.1) is 6.92 Å². The number of hydrogen-bond acceptors (Lipinski definition) is 6. The molecule has 0 saturated carbocycles. The molecule has 0 bridgehead atoms. The van der Waals surface area contributed by atoms with E-state index < -0.39 is 35.8 Å². The molecule has 0 unspecified atom stereocenters. The molecule has 1 saturated heterocycles. The second kappa shape index (κ2) is 6.60. The van der Waals surface area contributed by atoms with Gasteiger partial charge in [-0.1, -0.05) is 12.1 Å². The van der Waals surface area contributed by atoms with Gasteiger partial charge < -0.3 is 19.7 Å². The van der Waals surface area contributed by atoms with Gasteiger partial charge in [0.2, 0.25) is 0 Å². The smallest absolute Gasteiger partial charge is 0.330 e. The zero-order valence-electron chi connectivity index (χ0n) is 13.0. The van der Waals surface area contributed by atoms with E-state index in [-0.39, 0.29) is 6.61 Å². The lowest BCUT2D eigenvalue weighted by Crippen LogP contribution is -2.37. The van der Waals surface area contributed by atoms with Crippen LogP contribution in [0.5, 0.6) is 5.75 Å². The molecule has 1 aliphatic rings. The summed E-state index contributed by atoms with van der Waals surface area (Å²) >= 11 is 0. The van der Waals surface area contributed by atoms with Gasteiger partial charge in [-0.2, -0.15) is 0 Å². The first-order chi connectivity index (χ1) is 11.5. The summed E-state index contributed by atoms with van der Waals surface area (Å²) in [7, 11) is 0. The Bertz CT molecular complexity index is 830. The summed E-state index contributed by atoms with van der Waals surface area (Å²) in [6.07, 6.45) is -3.25. The Balaban J connectivity index is 1.73. The molecule has 128 valence electrons. The van der Waals surface area contributed by atoms with E-state index in [1.54, 1.807) is 6.07 Å². The molecule has 1 aromatic carbocycles. The maximum atomic E-state index is 11.8. The SMILES string of the molecule is Cc1cccc(OC[C@H]2O[C@@H](n3ccc(=O)[nH]c3=O)[C@H](O)[C@@H]2O)c1. The number of aliphatic hydroxyl groups excluding tert-OH is 2. The fourth-order valence-corrected chi connectivity index (χ4v) is 2.61. The standard InChI is InChI=1S/C16H18N2O6/c1-9-3-2-4-10(7-9)23-8-11-13(20)14(21)15(24-11)18-6-5-12(19)17-16(18)22/h2-7,11,13-15,20-21H,8H2,1H3,(H,17,19,22)/t11-,13-,14-,15-/m1/s1. The highest BCUT2D eigenvalue weighted by molar-refractivity contribution is 5.27. The number of H-pyrrole nitrogens is 1. The van der Waals surface area contributed by atoms with Gasteiger partial charge in [0, 0.05) is 12.3 Å². The van der Waals surface area contributed by atoms with Gasteiger partial charge in [-0.05, 0) is 24.6 Å². The van der Waals surface area contributed by atoms with Gasteiger partial charge in [0.15, 0.2) is 6.23 Å². The van der Waals surface area contributed by atoms with Crippen LogP contribution in [0.2, 0.25) is 0 Å². The van der Waals surface area contributed by atoms with Crippen LogP contribution in [0.15, 0.2) is 46.1 Å².